The highest BCUT2D eigenvalue weighted by atomic mass is 32.1. The van der Waals surface area contributed by atoms with Gasteiger partial charge < -0.3 is 20.1 Å². The van der Waals surface area contributed by atoms with Crippen LogP contribution in [-0.2, 0) is 14.3 Å². The van der Waals surface area contributed by atoms with Crippen LogP contribution in [-0.4, -0.2) is 82.5 Å². The Bertz CT molecular complexity index is 922. The van der Waals surface area contributed by atoms with Crippen molar-refractivity contribution >= 4 is 29.1 Å². The number of rotatable bonds is 12. The standard InChI is InChI=1S/C27H46N4O5S/c1-9-18(5)22(29-26(35)27(6)13-11-12-14-30(27)7)24(33)31(8)20(17(3)4)15-21(32)23-28-19(16-37-23)25(34)36-10-2/h16-18,20-22,32H,9-15H2,1-8H3,(H,29,35)/t18?,20-,21-,22+,27-/m1/s1. The van der Waals surface area contributed by atoms with Gasteiger partial charge in [0.1, 0.15) is 17.2 Å². The quantitative estimate of drug-likeness (QED) is 0.391. The second-order valence-corrected chi connectivity index (χ2v) is 11.7. The molecule has 37 heavy (non-hydrogen) atoms. The molecule has 1 aromatic rings. The van der Waals surface area contributed by atoms with Crippen LogP contribution in [0.4, 0.5) is 0 Å². The maximum absolute atomic E-state index is 13.8. The second-order valence-electron chi connectivity index (χ2n) is 10.8. The van der Waals surface area contributed by atoms with Crippen molar-refractivity contribution in [1.82, 2.24) is 20.1 Å². The fourth-order valence-corrected chi connectivity index (χ4v) is 5.64. The number of likely N-dealkylation sites (tertiary alicyclic amines) is 1. The lowest BCUT2D eigenvalue weighted by Gasteiger charge is -2.43. The van der Waals surface area contributed by atoms with Gasteiger partial charge in [-0.05, 0) is 58.5 Å². The Morgan fingerprint density at radius 2 is 1.95 bits per heavy atom. The minimum Gasteiger partial charge on any atom is -0.461 e. The molecule has 0 aromatic carbocycles. The van der Waals surface area contributed by atoms with E-state index in [4.69, 9.17) is 4.74 Å². The van der Waals surface area contributed by atoms with Gasteiger partial charge in [0.05, 0.1) is 12.1 Å². The van der Waals surface area contributed by atoms with Crippen LogP contribution >= 0.6 is 11.3 Å². The maximum atomic E-state index is 13.8. The number of nitrogens with zero attached hydrogens (tertiary/aromatic N) is 3. The van der Waals surface area contributed by atoms with Crippen molar-refractivity contribution in [2.24, 2.45) is 11.8 Å². The topological polar surface area (TPSA) is 112 Å². The number of thiazole rings is 1. The Kier molecular flexibility index (Phi) is 11.5. The van der Waals surface area contributed by atoms with Gasteiger partial charge in [-0.1, -0.05) is 34.1 Å². The summed E-state index contributed by atoms with van der Waals surface area (Å²) >= 11 is 1.20. The molecule has 1 saturated heterocycles. The molecule has 1 aromatic heterocycles. The van der Waals surface area contributed by atoms with Gasteiger partial charge in [0, 0.05) is 24.9 Å². The molecule has 0 saturated carbocycles. The molecule has 0 radical (unpaired) electrons. The van der Waals surface area contributed by atoms with Crippen molar-refractivity contribution in [2.75, 3.05) is 27.2 Å². The molecule has 210 valence electrons. The molecule has 1 unspecified atom stereocenters. The predicted molar refractivity (Wildman–Crippen MR) is 145 cm³/mol. The minimum absolute atomic E-state index is 0.0448. The van der Waals surface area contributed by atoms with Crippen molar-refractivity contribution in [2.45, 2.75) is 97.4 Å². The summed E-state index contributed by atoms with van der Waals surface area (Å²) < 4.78 is 4.99. The molecule has 2 heterocycles. The molecule has 0 aliphatic carbocycles. The highest BCUT2D eigenvalue weighted by molar-refractivity contribution is 7.09. The Hall–Kier alpha value is -2.04. The van der Waals surface area contributed by atoms with E-state index in [0.717, 1.165) is 32.2 Å². The van der Waals surface area contributed by atoms with Gasteiger partial charge in [0.15, 0.2) is 5.69 Å². The molecule has 1 aliphatic rings. The van der Waals surface area contributed by atoms with Crippen LogP contribution in [0.2, 0.25) is 0 Å². The summed E-state index contributed by atoms with van der Waals surface area (Å²) in [6.07, 6.45) is 2.86. The number of nitrogens with one attached hydrogen (secondary N) is 1. The van der Waals surface area contributed by atoms with Crippen molar-refractivity contribution in [3.63, 3.8) is 0 Å². The zero-order valence-electron chi connectivity index (χ0n) is 23.7. The lowest BCUT2D eigenvalue weighted by Crippen LogP contribution is -2.62. The average Bonchev–Trinajstić information content (AvgIpc) is 3.36. The number of carbonyl (C=O) groups is 3. The molecule has 2 amide bonds. The van der Waals surface area contributed by atoms with Gasteiger partial charge in [-0.2, -0.15) is 0 Å². The normalized spacial score (nSPS) is 21.7. The number of esters is 1. The third-order valence-electron chi connectivity index (χ3n) is 7.88. The van der Waals surface area contributed by atoms with Crippen LogP contribution in [0.25, 0.3) is 0 Å². The number of piperidine rings is 1. The summed E-state index contributed by atoms with van der Waals surface area (Å²) in [4.78, 5) is 47.2. The number of aromatic nitrogens is 1. The lowest BCUT2D eigenvalue weighted by atomic mass is 9.86. The van der Waals surface area contributed by atoms with Crippen molar-refractivity contribution in [3.8, 4) is 0 Å². The van der Waals surface area contributed by atoms with Gasteiger partial charge in [-0.25, -0.2) is 9.78 Å². The Morgan fingerprint density at radius 3 is 2.51 bits per heavy atom. The first-order chi connectivity index (χ1) is 17.4. The van der Waals surface area contributed by atoms with Gasteiger partial charge in [-0.3, -0.25) is 14.5 Å². The number of aliphatic hydroxyl groups excluding tert-OH is 1. The summed E-state index contributed by atoms with van der Waals surface area (Å²) in [7, 11) is 3.70. The number of ether oxygens (including phenoxy) is 1. The molecular weight excluding hydrogens is 492 g/mol. The molecule has 0 spiro atoms. The lowest BCUT2D eigenvalue weighted by molar-refractivity contribution is -0.143. The summed E-state index contributed by atoms with van der Waals surface area (Å²) in [5.74, 6) is -0.808. The Balaban J connectivity index is 2.19. The van der Waals surface area contributed by atoms with E-state index in [-0.39, 0.29) is 48.4 Å². The Labute approximate surface area is 226 Å². The first-order valence-electron chi connectivity index (χ1n) is 13.5. The number of hydrogen-bond donors (Lipinski definition) is 2. The summed E-state index contributed by atoms with van der Waals surface area (Å²) in [6, 6.07) is -0.961. The average molecular weight is 539 g/mol. The summed E-state index contributed by atoms with van der Waals surface area (Å²) in [5.41, 5.74) is -0.468. The maximum Gasteiger partial charge on any atom is 0.357 e. The highest BCUT2D eigenvalue weighted by Crippen LogP contribution is 2.29. The number of hydrogen-bond acceptors (Lipinski definition) is 8. The van der Waals surface area contributed by atoms with Crippen LogP contribution < -0.4 is 5.32 Å². The van der Waals surface area contributed by atoms with E-state index in [1.54, 1.807) is 24.3 Å². The van der Waals surface area contributed by atoms with Gasteiger partial charge in [0.25, 0.3) is 0 Å². The van der Waals surface area contributed by atoms with E-state index in [1.807, 2.05) is 41.7 Å². The van der Waals surface area contributed by atoms with Crippen LogP contribution in [0.1, 0.15) is 95.2 Å². The van der Waals surface area contributed by atoms with E-state index < -0.39 is 23.7 Å². The first-order valence-corrected chi connectivity index (χ1v) is 14.3. The van der Waals surface area contributed by atoms with Gasteiger partial charge in [-0.15, -0.1) is 11.3 Å². The third kappa shape index (κ3) is 7.51. The molecule has 2 rings (SSSR count). The number of amides is 2. The monoisotopic (exact) mass is 538 g/mol. The van der Waals surface area contributed by atoms with Gasteiger partial charge in [0.2, 0.25) is 11.8 Å². The van der Waals surface area contributed by atoms with Crippen LogP contribution in [0.15, 0.2) is 5.38 Å². The van der Waals surface area contributed by atoms with Crippen LogP contribution in [0, 0.1) is 11.8 Å². The predicted octanol–water partition coefficient (Wildman–Crippen LogP) is 3.63. The molecular formula is C27H46N4O5S. The largest absolute Gasteiger partial charge is 0.461 e. The molecule has 2 N–H and O–H groups in total. The molecule has 1 aliphatic heterocycles. The summed E-state index contributed by atoms with van der Waals surface area (Å²) in [5, 5.41) is 16.0. The van der Waals surface area contributed by atoms with Crippen LogP contribution in [0.5, 0.6) is 0 Å². The highest BCUT2D eigenvalue weighted by Gasteiger charge is 2.42. The van der Waals surface area contributed by atoms with Gasteiger partial charge >= 0.3 is 5.97 Å². The van der Waals surface area contributed by atoms with Crippen molar-refractivity contribution in [3.05, 3.63) is 16.1 Å². The fourth-order valence-electron chi connectivity index (χ4n) is 4.85. The third-order valence-corrected chi connectivity index (χ3v) is 8.82. The molecule has 0 bridgehead atoms. The number of aliphatic hydroxyl groups is 1. The molecule has 9 nitrogen and oxygen atoms in total. The van der Waals surface area contributed by atoms with Crippen molar-refractivity contribution < 1.29 is 24.2 Å². The minimum atomic E-state index is -0.942. The van der Waals surface area contributed by atoms with E-state index in [1.165, 1.54) is 11.3 Å². The Morgan fingerprint density at radius 1 is 1.27 bits per heavy atom. The van der Waals surface area contributed by atoms with E-state index >= 15 is 0 Å². The van der Waals surface area contributed by atoms with E-state index in [0.29, 0.717) is 5.01 Å². The fraction of sp³-hybridized carbons (Fsp3) is 0.778. The van der Waals surface area contributed by atoms with E-state index in [9.17, 15) is 19.5 Å². The first kappa shape index (κ1) is 31.2. The zero-order valence-corrected chi connectivity index (χ0v) is 24.6. The molecule has 10 heteroatoms. The molecule has 1 fully saturated rings. The smallest absolute Gasteiger partial charge is 0.357 e. The number of carbonyl (C=O) groups excluding carboxylic acids is 3. The van der Waals surface area contributed by atoms with Crippen LogP contribution in [0.3, 0.4) is 0 Å². The summed E-state index contributed by atoms with van der Waals surface area (Å²) in [6.45, 7) is 12.8. The molecule has 5 atom stereocenters. The van der Waals surface area contributed by atoms with Crippen molar-refractivity contribution in [1.29, 1.82) is 0 Å². The van der Waals surface area contributed by atoms with E-state index in [2.05, 4.69) is 15.2 Å². The number of likely N-dealkylation sites (N-methyl/N-ethyl adjacent to an activating group) is 2. The second kappa shape index (κ2) is 13.7. The SMILES string of the molecule is CCOC(=O)c1csc([C@H](O)C[C@H](C(C)C)N(C)C(=O)[C@@H](NC(=O)[C@@]2(C)CCCCN2C)C(C)CC)n1. The zero-order chi connectivity index (χ0) is 27.9.